The van der Waals surface area contributed by atoms with Gasteiger partial charge in [-0.1, -0.05) is 6.07 Å². The standard InChI is InChI=1S/C24H22FN7O/c1-14-9-18(25)17(10-21(14)31-11-20(26-12-31)15-5-6-15)24(33)29-22-4-2-3-19(28-22)23-30-27-13-32(23)16-7-8-16/h2-4,9-13,15-16H,5-8H2,1H3,(H,28,29,33). The predicted octanol–water partition coefficient (Wildman–Crippen LogP) is 4.44. The molecule has 3 aromatic heterocycles. The van der Waals surface area contributed by atoms with Crippen molar-refractivity contribution in [3.8, 4) is 17.2 Å². The molecule has 0 atom stereocenters. The number of hydrogen-bond donors (Lipinski definition) is 1. The van der Waals surface area contributed by atoms with Crippen LogP contribution in [-0.2, 0) is 0 Å². The lowest BCUT2D eigenvalue weighted by Crippen LogP contribution is -2.16. The van der Waals surface area contributed by atoms with Gasteiger partial charge in [-0.2, -0.15) is 0 Å². The molecule has 2 aliphatic rings. The Kier molecular flexibility index (Phi) is 4.56. The van der Waals surface area contributed by atoms with Gasteiger partial charge in [0.25, 0.3) is 5.91 Å². The highest BCUT2D eigenvalue weighted by Gasteiger charge is 2.28. The largest absolute Gasteiger partial charge is 0.309 e. The van der Waals surface area contributed by atoms with Crippen molar-refractivity contribution in [1.29, 1.82) is 0 Å². The minimum atomic E-state index is -0.582. The number of amides is 1. The maximum Gasteiger partial charge on any atom is 0.259 e. The third kappa shape index (κ3) is 3.79. The quantitative estimate of drug-likeness (QED) is 0.476. The van der Waals surface area contributed by atoms with Gasteiger partial charge in [0.1, 0.15) is 23.7 Å². The number of carbonyl (C=O) groups excluding carboxylic acids is 1. The molecule has 33 heavy (non-hydrogen) atoms. The molecule has 0 spiro atoms. The number of imidazole rings is 1. The highest BCUT2D eigenvalue weighted by Crippen LogP contribution is 2.39. The molecule has 0 saturated heterocycles. The molecular weight excluding hydrogens is 421 g/mol. The van der Waals surface area contributed by atoms with Gasteiger partial charge in [-0.25, -0.2) is 14.4 Å². The van der Waals surface area contributed by atoms with Crippen LogP contribution in [0.5, 0.6) is 0 Å². The van der Waals surface area contributed by atoms with Crippen LogP contribution in [-0.4, -0.2) is 35.2 Å². The Morgan fingerprint density at radius 1 is 1.15 bits per heavy atom. The Bertz CT molecular complexity index is 1370. The van der Waals surface area contributed by atoms with Crippen molar-refractivity contribution in [2.45, 2.75) is 44.6 Å². The molecule has 8 nitrogen and oxygen atoms in total. The number of nitrogens with zero attached hydrogens (tertiary/aromatic N) is 6. The number of anilines is 1. The Morgan fingerprint density at radius 2 is 2.00 bits per heavy atom. The number of hydrogen-bond acceptors (Lipinski definition) is 5. The zero-order valence-corrected chi connectivity index (χ0v) is 18.1. The lowest BCUT2D eigenvalue weighted by molar-refractivity contribution is 0.102. The monoisotopic (exact) mass is 443 g/mol. The highest BCUT2D eigenvalue weighted by atomic mass is 19.1. The molecule has 6 rings (SSSR count). The van der Waals surface area contributed by atoms with Gasteiger partial charge < -0.3 is 14.5 Å². The molecule has 2 fully saturated rings. The summed E-state index contributed by atoms with van der Waals surface area (Å²) in [7, 11) is 0. The lowest BCUT2D eigenvalue weighted by Gasteiger charge is -2.12. The Balaban J connectivity index is 1.28. The topological polar surface area (TPSA) is 90.5 Å². The lowest BCUT2D eigenvalue weighted by atomic mass is 10.1. The molecule has 2 aliphatic carbocycles. The molecule has 1 aromatic carbocycles. The van der Waals surface area contributed by atoms with E-state index in [1.54, 1.807) is 30.9 Å². The summed E-state index contributed by atoms with van der Waals surface area (Å²) in [6.07, 6.45) is 9.86. The van der Waals surface area contributed by atoms with Gasteiger partial charge >= 0.3 is 0 Å². The molecule has 0 aliphatic heterocycles. The summed E-state index contributed by atoms with van der Waals surface area (Å²) >= 11 is 0. The molecule has 3 heterocycles. The van der Waals surface area contributed by atoms with E-state index in [1.807, 2.05) is 28.3 Å². The molecule has 2 saturated carbocycles. The van der Waals surface area contributed by atoms with Crippen molar-refractivity contribution >= 4 is 11.7 Å². The van der Waals surface area contributed by atoms with Gasteiger partial charge in [-0.15, -0.1) is 10.2 Å². The summed E-state index contributed by atoms with van der Waals surface area (Å²) in [5.41, 5.74) is 3.03. The average molecular weight is 443 g/mol. The van der Waals surface area contributed by atoms with Crippen LogP contribution >= 0.6 is 0 Å². The van der Waals surface area contributed by atoms with E-state index < -0.39 is 11.7 Å². The van der Waals surface area contributed by atoms with Crippen molar-refractivity contribution in [1.82, 2.24) is 29.3 Å². The van der Waals surface area contributed by atoms with Crippen LogP contribution in [0.25, 0.3) is 17.2 Å². The fourth-order valence-corrected chi connectivity index (χ4v) is 4.03. The molecule has 4 aromatic rings. The smallest absolute Gasteiger partial charge is 0.259 e. The number of carbonyl (C=O) groups is 1. The van der Waals surface area contributed by atoms with Crippen LogP contribution in [0.2, 0.25) is 0 Å². The minimum Gasteiger partial charge on any atom is -0.309 e. The minimum absolute atomic E-state index is 0.0503. The predicted molar refractivity (Wildman–Crippen MR) is 120 cm³/mol. The van der Waals surface area contributed by atoms with Gasteiger partial charge in [0, 0.05) is 18.2 Å². The molecule has 0 radical (unpaired) electrons. The molecule has 0 unspecified atom stereocenters. The molecule has 1 N–H and O–H groups in total. The first-order valence-electron chi connectivity index (χ1n) is 11.1. The Morgan fingerprint density at radius 3 is 2.79 bits per heavy atom. The number of aromatic nitrogens is 6. The summed E-state index contributed by atoms with van der Waals surface area (Å²) in [5.74, 6) is 0.344. The SMILES string of the molecule is Cc1cc(F)c(C(=O)Nc2cccc(-c3nncn3C3CC3)n2)cc1-n1cnc(C2CC2)c1. The van der Waals surface area contributed by atoms with Gasteiger partial charge in [0.15, 0.2) is 5.82 Å². The van der Waals surface area contributed by atoms with Crippen LogP contribution < -0.4 is 5.32 Å². The van der Waals surface area contributed by atoms with E-state index in [4.69, 9.17) is 0 Å². The molecule has 1 amide bonds. The van der Waals surface area contributed by atoms with Crippen molar-refractivity contribution in [2.75, 3.05) is 5.32 Å². The normalized spacial score (nSPS) is 15.6. The summed E-state index contributed by atoms with van der Waals surface area (Å²) in [5, 5.41) is 10.9. The van der Waals surface area contributed by atoms with Crippen molar-refractivity contribution < 1.29 is 9.18 Å². The van der Waals surface area contributed by atoms with Crippen LogP contribution in [0.4, 0.5) is 10.2 Å². The summed E-state index contributed by atoms with van der Waals surface area (Å²) < 4.78 is 18.6. The number of aryl methyl sites for hydroxylation is 1. The maximum atomic E-state index is 14.8. The third-order valence-electron chi connectivity index (χ3n) is 6.14. The zero-order valence-electron chi connectivity index (χ0n) is 18.1. The van der Waals surface area contributed by atoms with Crippen LogP contribution in [0.1, 0.15) is 59.3 Å². The van der Waals surface area contributed by atoms with Crippen molar-refractivity contribution in [3.63, 3.8) is 0 Å². The second kappa shape index (κ2) is 7.61. The second-order valence-electron chi connectivity index (χ2n) is 8.75. The number of halogens is 1. The Labute approximate surface area is 189 Å². The van der Waals surface area contributed by atoms with Gasteiger partial charge in [0.05, 0.1) is 23.3 Å². The van der Waals surface area contributed by atoms with E-state index in [-0.39, 0.29) is 5.56 Å². The second-order valence-corrected chi connectivity index (χ2v) is 8.75. The van der Waals surface area contributed by atoms with Crippen molar-refractivity contribution in [3.05, 3.63) is 71.8 Å². The zero-order chi connectivity index (χ0) is 22.5. The summed E-state index contributed by atoms with van der Waals surface area (Å²) in [4.78, 5) is 22.0. The van der Waals surface area contributed by atoms with Crippen molar-refractivity contribution in [2.24, 2.45) is 0 Å². The first-order valence-corrected chi connectivity index (χ1v) is 11.1. The molecule has 166 valence electrons. The van der Waals surface area contributed by atoms with E-state index >= 15 is 0 Å². The third-order valence-corrected chi connectivity index (χ3v) is 6.14. The van der Waals surface area contributed by atoms with Crippen LogP contribution in [0, 0.1) is 12.7 Å². The number of pyridine rings is 1. The number of nitrogens with one attached hydrogen (secondary N) is 1. The first kappa shape index (κ1) is 19.8. The first-order chi connectivity index (χ1) is 16.1. The van der Waals surface area contributed by atoms with E-state index in [0.29, 0.717) is 29.3 Å². The average Bonchev–Trinajstić information content (AvgIpc) is 3.74. The van der Waals surface area contributed by atoms with Crippen LogP contribution in [0.15, 0.2) is 49.2 Å². The summed E-state index contributed by atoms with van der Waals surface area (Å²) in [6.45, 7) is 1.82. The maximum absolute atomic E-state index is 14.8. The fourth-order valence-electron chi connectivity index (χ4n) is 4.03. The fraction of sp³-hybridized carbons (Fsp3) is 0.292. The van der Waals surface area contributed by atoms with E-state index in [2.05, 4.69) is 25.5 Å². The Hall–Kier alpha value is -3.88. The number of rotatable bonds is 6. The van der Waals surface area contributed by atoms with Gasteiger partial charge in [-0.3, -0.25) is 4.79 Å². The van der Waals surface area contributed by atoms with E-state index in [1.165, 1.54) is 6.07 Å². The summed E-state index contributed by atoms with van der Waals surface area (Å²) in [6, 6.07) is 8.61. The molecule has 9 heteroatoms. The molecule has 0 bridgehead atoms. The highest BCUT2D eigenvalue weighted by molar-refractivity contribution is 6.04. The van der Waals surface area contributed by atoms with Gasteiger partial charge in [-0.05, 0) is 62.4 Å². The number of benzene rings is 1. The van der Waals surface area contributed by atoms with Crippen LogP contribution in [0.3, 0.4) is 0 Å². The van der Waals surface area contributed by atoms with Gasteiger partial charge in [0.2, 0.25) is 0 Å². The molecular formula is C24H22FN7O. The van der Waals surface area contributed by atoms with E-state index in [9.17, 15) is 9.18 Å². The van der Waals surface area contributed by atoms with E-state index in [0.717, 1.165) is 42.6 Å².